The van der Waals surface area contributed by atoms with Crippen LogP contribution in [-0.2, 0) is 16.0 Å². The van der Waals surface area contributed by atoms with Crippen molar-refractivity contribution in [1.82, 2.24) is 0 Å². The Balaban J connectivity index is 1.62. The third kappa shape index (κ3) is 2.87. The maximum absolute atomic E-state index is 14.5. The van der Waals surface area contributed by atoms with Crippen LogP contribution in [0.5, 0.6) is 0 Å². The van der Waals surface area contributed by atoms with E-state index in [2.05, 4.69) is 0 Å². The van der Waals surface area contributed by atoms with Gasteiger partial charge in [-0.25, -0.2) is 8.78 Å². The van der Waals surface area contributed by atoms with Crippen LogP contribution in [0.2, 0.25) is 5.02 Å². The molecule has 2 bridgehead atoms. The Labute approximate surface area is 179 Å². The smallest absolute Gasteiger partial charge is 0.151 e. The molecule has 2 aromatic rings. The third-order valence-electron chi connectivity index (χ3n) is 7.58. The summed E-state index contributed by atoms with van der Waals surface area (Å²) in [6.45, 7) is 1.96. The Morgan fingerprint density at radius 3 is 1.93 bits per heavy atom. The van der Waals surface area contributed by atoms with Gasteiger partial charge >= 0.3 is 0 Å². The molecule has 0 spiro atoms. The number of hydrogen-bond acceptors (Lipinski definition) is 2. The van der Waals surface area contributed by atoms with Gasteiger partial charge in [0, 0.05) is 16.9 Å². The molecule has 156 valence electrons. The van der Waals surface area contributed by atoms with Crippen LogP contribution < -0.4 is 0 Å². The van der Waals surface area contributed by atoms with Gasteiger partial charge in [0.2, 0.25) is 0 Å². The van der Waals surface area contributed by atoms with Gasteiger partial charge in [-0.15, -0.1) is 0 Å². The van der Waals surface area contributed by atoms with Gasteiger partial charge in [-0.2, -0.15) is 0 Å². The van der Waals surface area contributed by atoms with E-state index < -0.39 is 17.6 Å². The molecule has 2 aromatic carbocycles. The first-order valence-electron chi connectivity index (χ1n) is 10.8. The van der Waals surface area contributed by atoms with E-state index >= 15 is 0 Å². The topological polar surface area (TPSA) is 34.1 Å². The van der Waals surface area contributed by atoms with E-state index in [4.69, 9.17) is 11.6 Å². The highest BCUT2D eigenvalue weighted by atomic mass is 35.5. The highest BCUT2D eigenvalue weighted by Gasteiger charge is 2.59. The lowest BCUT2D eigenvalue weighted by Crippen LogP contribution is -2.41. The first-order chi connectivity index (χ1) is 14.4. The Kier molecular flexibility index (Phi) is 4.81. The number of ketones is 2. The molecule has 4 fully saturated rings. The predicted octanol–water partition coefficient (Wildman–Crippen LogP) is 6.14. The van der Waals surface area contributed by atoms with Crippen molar-refractivity contribution >= 4 is 23.2 Å². The second-order valence-corrected chi connectivity index (χ2v) is 9.41. The van der Waals surface area contributed by atoms with E-state index in [0.29, 0.717) is 29.4 Å². The molecule has 0 radical (unpaired) electrons. The average molecular weight is 429 g/mol. The Hall–Kier alpha value is -2.07. The zero-order chi connectivity index (χ0) is 21.2. The number of halogens is 3. The summed E-state index contributed by atoms with van der Waals surface area (Å²) >= 11 is 5.76. The van der Waals surface area contributed by atoms with Crippen molar-refractivity contribution in [2.24, 2.45) is 23.7 Å². The molecule has 0 aromatic heterocycles. The van der Waals surface area contributed by atoms with Crippen molar-refractivity contribution in [1.29, 1.82) is 0 Å². The number of benzene rings is 2. The Bertz CT molecular complexity index is 1000. The molecule has 4 aliphatic rings. The minimum absolute atomic E-state index is 0.0140. The lowest BCUT2D eigenvalue weighted by molar-refractivity contribution is -0.129. The summed E-state index contributed by atoms with van der Waals surface area (Å²) in [5.74, 6) is -2.03. The van der Waals surface area contributed by atoms with Crippen molar-refractivity contribution in [3.8, 4) is 11.1 Å². The molecule has 0 aliphatic heterocycles. The van der Waals surface area contributed by atoms with Crippen LogP contribution in [0, 0.1) is 35.3 Å². The second kappa shape index (κ2) is 7.26. The monoisotopic (exact) mass is 428 g/mol. The molecular weight excluding hydrogens is 406 g/mol. The molecule has 5 heteroatoms. The highest BCUT2D eigenvalue weighted by molar-refractivity contribution is 6.30. The summed E-state index contributed by atoms with van der Waals surface area (Å²) in [4.78, 5) is 26.9. The van der Waals surface area contributed by atoms with Gasteiger partial charge in [0.25, 0.3) is 0 Å². The highest BCUT2D eigenvalue weighted by Crippen LogP contribution is 2.56. The van der Waals surface area contributed by atoms with E-state index in [1.165, 1.54) is 0 Å². The van der Waals surface area contributed by atoms with E-state index in [9.17, 15) is 18.4 Å². The van der Waals surface area contributed by atoms with Crippen LogP contribution in [-0.4, -0.2) is 11.6 Å². The Morgan fingerprint density at radius 2 is 1.43 bits per heavy atom. The minimum atomic E-state index is -0.811. The first kappa shape index (κ1) is 19.9. The molecule has 4 aliphatic carbocycles. The van der Waals surface area contributed by atoms with Crippen molar-refractivity contribution in [3.63, 3.8) is 0 Å². The molecular formula is C25H23ClF2O2. The van der Waals surface area contributed by atoms with Crippen LogP contribution >= 0.6 is 11.6 Å². The maximum atomic E-state index is 14.5. The molecule has 0 N–H and O–H groups in total. The van der Waals surface area contributed by atoms with Gasteiger partial charge in [0.05, 0.1) is 5.56 Å². The Morgan fingerprint density at radius 1 is 0.900 bits per heavy atom. The minimum Gasteiger partial charge on any atom is -0.298 e. The zero-order valence-corrected chi connectivity index (χ0v) is 17.5. The summed E-state index contributed by atoms with van der Waals surface area (Å²) in [6, 6.07) is 7.23. The van der Waals surface area contributed by atoms with Crippen LogP contribution in [0.4, 0.5) is 8.78 Å². The fourth-order valence-corrected chi connectivity index (χ4v) is 6.45. The molecule has 1 unspecified atom stereocenters. The zero-order valence-electron chi connectivity index (χ0n) is 16.8. The number of carbonyl (C=O) groups is 2. The summed E-state index contributed by atoms with van der Waals surface area (Å²) < 4.78 is 29.1. The SMILES string of the molecule is CCc1ccc(-c2c(F)cc(Cl)cc2F)cc1C1C(=O)[C@@H]2C3CCC(CC3)[C@@H]2C1=O. The van der Waals surface area contributed by atoms with E-state index in [0.717, 1.165) is 43.4 Å². The molecule has 3 atom stereocenters. The van der Waals surface area contributed by atoms with Crippen molar-refractivity contribution < 1.29 is 18.4 Å². The molecule has 30 heavy (non-hydrogen) atoms. The summed E-state index contributed by atoms with van der Waals surface area (Å²) in [5.41, 5.74) is 1.64. The molecule has 2 nitrogen and oxygen atoms in total. The van der Waals surface area contributed by atoms with Gasteiger partial charge in [-0.1, -0.05) is 30.7 Å². The van der Waals surface area contributed by atoms with Crippen LogP contribution in [0.25, 0.3) is 11.1 Å². The largest absolute Gasteiger partial charge is 0.298 e. The maximum Gasteiger partial charge on any atom is 0.151 e. The quantitative estimate of drug-likeness (QED) is 0.550. The van der Waals surface area contributed by atoms with Crippen LogP contribution in [0.1, 0.15) is 49.7 Å². The van der Waals surface area contributed by atoms with Gasteiger partial charge < -0.3 is 0 Å². The lowest BCUT2D eigenvalue weighted by Gasteiger charge is -2.43. The number of hydrogen-bond donors (Lipinski definition) is 0. The van der Waals surface area contributed by atoms with E-state index in [1.54, 1.807) is 18.2 Å². The van der Waals surface area contributed by atoms with Gasteiger partial charge in [-0.05, 0) is 78.8 Å². The molecule has 0 amide bonds. The van der Waals surface area contributed by atoms with Gasteiger partial charge in [0.1, 0.15) is 17.6 Å². The fourth-order valence-electron chi connectivity index (χ4n) is 6.26. The van der Waals surface area contributed by atoms with Crippen molar-refractivity contribution in [3.05, 3.63) is 58.1 Å². The normalized spacial score (nSPS) is 30.1. The number of fused-ring (bicyclic) bond motifs is 2. The number of aryl methyl sites for hydroxylation is 1. The number of rotatable bonds is 3. The first-order valence-corrected chi connectivity index (χ1v) is 11.1. The van der Waals surface area contributed by atoms with Crippen molar-refractivity contribution in [2.45, 2.75) is 44.9 Å². The standard InChI is InChI=1S/C25H23ClF2O2/c1-2-12-3-8-15(20-18(27)10-16(26)11-19(20)28)9-17(12)23-24(29)21-13-4-5-14(7-6-13)22(21)25(23)30/h3,8-11,13-14,21-23H,2,4-7H2,1H3/t13?,14?,21-,22+,23?. The predicted molar refractivity (Wildman–Crippen MR) is 111 cm³/mol. The number of carbonyl (C=O) groups excluding carboxylic acids is 2. The van der Waals surface area contributed by atoms with Gasteiger partial charge in [-0.3, -0.25) is 9.59 Å². The van der Waals surface area contributed by atoms with Crippen LogP contribution in [0.3, 0.4) is 0 Å². The summed E-state index contributed by atoms with van der Waals surface area (Å²) in [6.07, 6.45) is 4.75. The van der Waals surface area contributed by atoms with Crippen molar-refractivity contribution in [2.75, 3.05) is 0 Å². The van der Waals surface area contributed by atoms with E-state index in [-0.39, 0.29) is 34.0 Å². The summed E-state index contributed by atoms with van der Waals surface area (Å²) in [5, 5.41) is -0.0140. The second-order valence-electron chi connectivity index (χ2n) is 8.98. The fraction of sp³-hybridized carbons (Fsp3) is 0.440. The van der Waals surface area contributed by atoms with Gasteiger partial charge in [0.15, 0.2) is 11.6 Å². The molecule has 0 heterocycles. The molecule has 6 rings (SSSR count). The third-order valence-corrected chi connectivity index (χ3v) is 7.80. The van der Waals surface area contributed by atoms with E-state index in [1.807, 2.05) is 6.92 Å². The average Bonchev–Trinajstić information content (AvgIpc) is 3.00. The van der Waals surface area contributed by atoms with Crippen LogP contribution in [0.15, 0.2) is 30.3 Å². The molecule has 4 saturated carbocycles. The number of Topliss-reactive ketones (excluding diaryl/α,β-unsaturated/α-hetero) is 2. The molecule has 0 saturated heterocycles. The lowest BCUT2D eigenvalue weighted by atomic mass is 9.59. The summed E-state index contributed by atoms with van der Waals surface area (Å²) in [7, 11) is 0.